The Morgan fingerprint density at radius 1 is 1.32 bits per heavy atom. The monoisotopic (exact) mass is 338 g/mol. The van der Waals surface area contributed by atoms with Crippen LogP contribution in [-0.4, -0.2) is 46.4 Å². The van der Waals surface area contributed by atoms with Gasteiger partial charge in [-0.2, -0.15) is 5.10 Å². The quantitative estimate of drug-likeness (QED) is 0.509. The van der Waals surface area contributed by atoms with E-state index in [-0.39, 0.29) is 11.7 Å². The van der Waals surface area contributed by atoms with E-state index in [0.29, 0.717) is 16.9 Å². The lowest BCUT2D eigenvalue weighted by atomic mass is 9.84. The lowest BCUT2D eigenvalue weighted by molar-refractivity contribution is 0.0518. The molecule has 3 aliphatic heterocycles. The number of hydrogen-bond donors (Lipinski definition) is 1. The van der Waals surface area contributed by atoms with Crippen molar-refractivity contribution in [2.75, 3.05) is 19.6 Å². The first-order chi connectivity index (χ1) is 12.1. The number of nitrogens with two attached hydrogens (primary N) is 1. The topological polar surface area (TPSA) is 90.5 Å². The number of primary amides is 1. The minimum atomic E-state index is -1.14. The number of benzene rings is 1. The molecule has 2 aromatic rings. The number of hydrogen-bond acceptors (Lipinski definition) is 5. The molecule has 3 saturated heterocycles. The third kappa shape index (κ3) is 2.65. The van der Waals surface area contributed by atoms with Gasteiger partial charge in [0.25, 0.3) is 0 Å². The van der Waals surface area contributed by atoms with Crippen molar-refractivity contribution in [3.63, 3.8) is 0 Å². The standard InChI is InChI=1S/C18H18N4O3/c1-2-11-3-4-13-14(9-11)22(20-16(13)17(23)25-18(19)24)15-10-21-7-5-12(15)6-8-21/h1,3-4,9,12,15H,5-8,10H2,(H2,19,24)/t15-/m0/s1. The Balaban J connectivity index is 1.84. The van der Waals surface area contributed by atoms with Crippen molar-refractivity contribution in [2.45, 2.75) is 18.9 Å². The first-order valence-corrected chi connectivity index (χ1v) is 8.29. The number of ether oxygens (including phenoxy) is 1. The number of terminal acetylenes is 1. The van der Waals surface area contributed by atoms with Crippen LogP contribution >= 0.6 is 0 Å². The Labute approximate surface area is 144 Å². The highest BCUT2D eigenvalue weighted by Gasteiger charge is 2.37. The summed E-state index contributed by atoms with van der Waals surface area (Å²) in [5, 5.41) is 5.11. The van der Waals surface area contributed by atoms with E-state index in [4.69, 9.17) is 12.2 Å². The number of amides is 1. The molecule has 0 unspecified atom stereocenters. The maximum absolute atomic E-state index is 12.2. The zero-order chi connectivity index (χ0) is 17.6. The maximum atomic E-state index is 12.2. The third-order valence-electron chi connectivity index (χ3n) is 5.20. The van der Waals surface area contributed by atoms with Gasteiger partial charge in [0.1, 0.15) is 0 Å². The summed E-state index contributed by atoms with van der Waals surface area (Å²) < 4.78 is 6.42. The third-order valence-corrected chi connectivity index (χ3v) is 5.20. The van der Waals surface area contributed by atoms with Crippen molar-refractivity contribution >= 4 is 23.0 Å². The van der Waals surface area contributed by atoms with Gasteiger partial charge in [0.05, 0.1) is 11.6 Å². The summed E-state index contributed by atoms with van der Waals surface area (Å²) in [5.74, 6) is 2.29. The predicted molar refractivity (Wildman–Crippen MR) is 90.9 cm³/mol. The van der Waals surface area contributed by atoms with Gasteiger partial charge in [-0.25, -0.2) is 9.59 Å². The van der Waals surface area contributed by atoms with Crippen molar-refractivity contribution in [2.24, 2.45) is 11.7 Å². The van der Waals surface area contributed by atoms with Crippen LogP contribution in [0, 0.1) is 18.3 Å². The van der Waals surface area contributed by atoms with Crippen LogP contribution in [-0.2, 0) is 4.74 Å². The summed E-state index contributed by atoms with van der Waals surface area (Å²) >= 11 is 0. The molecule has 25 heavy (non-hydrogen) atoms. The predicted octanol–water partition coefficient (Wildman–Crippen LogP) is 1.52. The maximum Gasteiger partial charge on any atom is 0.412 e. The van der Waals surface area contributed by atoms with Crippen LogP contribution in [0.5, 0.6) is 0 Å². The van der Waals surface area contributed by atoms with Crippen LogP contribution in [0.4, 0.5) is 4.79 Å². The molecule has 7 nitrogen and oxygen atoms in total. The van der Waals surface area contributed by atoms with Gasteiger partial charge in [0.2, 0.25) is 0 Å². The largest absolute Gasteiger partial charge is 0.412 e. The SMILES string of the molecule is C#Cc1ccc2c(C(=O)OC(N)=O)nn([C@H]3CN4CCC3CC4)c2c1. The van der Waals surface area contributed by atoms with E-state index < -0.39 is 12.1 Å². The number of carbonyl (C=O) groups excluding carboxylic acids is 2. The highest BCUT2D eigenvalue weighted by molar-refractivity contribution is 6.05. The van der Waals surface area contributed by atoms with Gasteiger partial charge in [-0.15, -0.1) is 6.42 Å². The summed E-state index contributed by atoms with van der Waals surface area (Å²) in [6, 6.07) is 5.51. The van der Waals surface area contributed by atoms with E-state index in [9.17, 15) is 9.59 Å². The molecule has 0 spiro atoms. The smallest absolute Gasteiger partial charge is 0.371 e. The summed E-state index contributed by atoms with van der Waals surface area (Å²) in [6.45, 7) is 3.10. The second-order valence-electron chi connectivity index (χ2n) is 6.58. The van der Waals surface area contributed by atoms with E-state index in [1.165, 1.54) is 0 Å². The van der Waals surface area contributed by atoms with Gasteiger partial charge < -0.3 is 15.4 Å². The van der Waals surface area contributed by atoms with Gasteiger partial charge in [-0.3, -0.25) is 4.68 Å². The Morgan fingerprint density at radius 3 is 2.68 bits per heavy atom. The molecule has 7 heteroatoms. The van der Waals surface area contributed by atoms with E-state index in [0.717, 1.165) is 38.0 Å². The molecule has 1 aromatic carbocycles. The molecule has 1 atom stereocenters. The van der Waals surface area contributed by atoms with Gasteiger partial charge >= 0.3 is 12.1 Å². The molecule has 4 heterocycles. The number of esters is 1. The van der Waals surface area contributed by atoms with Crippen molar-refractivity contribution in [3.8, 4) is 12.3 Å². The minimum Gasteiger partial charge on any atom is -0.371 e. The molecule has 0 saturated carbocycles. The average molecular weight is 338 g/mol. The first-order valence-electron chi connectivity index (χ1n) is 8.29. The normalized spacial score (nSPS) is 24.8. The molecular weight excluding hydrogens is 320 g/mol. The Morgan fingerprint density at radius 2 is 2.08 bits per heavy atom. The molecule has 2 bridgehead atoms. The molecule has 3 aliphatic rings. The fourth-order valence-electron chi connectivity index (χ4n) is 3.98. The van der Waals surface area contributed by atoms with E-state index in [1.807, 2.05) is 10.7 Å². The molecule has 3 fully saturated rings. The second-order valence-corrected chi connectivity index (χ2v) is 6.58. The number of rotatable bonds is 2. The van der Waals surface area contributed by atoms with Gasteiger partial charge in [0, 0.05) is 17.5 Å². The van der Waals surface area contributed by atoms with Crippen molar-refractivity contribution in [1.82, 2.24) is 14.7 Å². The zero-order valence-electron chi connectivity index (χ0n) is 13.6. The fourth-order valence-corrected chi connectivity index (χ4v) is 3.98. The summed E-state index contributed by atoms with van der Waals surface area (Å²) in [7, 11) is 0. The van der Waals surface area contributed by atoms with E-state index in [1.54, 1.807) is 12.1 Å². The number of piperidine rings is 3. The highest BCUT2D eigenvalue weighted by Crippen LogP contribution is 2.37. The molecule has 5 rings (SSSR count). The highest BCUT2D eigenvalue weighted by atomic mass is 16.6. The van der Waals surface area contributed by atoms with E-state index in [2.05, 4.69) is 20.7 Å². The first kappa shape index (κ1) is 15.7. The molecular formula is C18H18N4O3. The summed E-state index contributed by atoms with van der Waals surface area (Å²) in [4.78, 5) is 25.6. The van der Waals surface area contributed by atoms with Crippen LogP contribution in [0.25, 0.3) is 10.9 Å². The molecule has 0 aliphatic carbocycles. The van der Waals surface area contributed by atoms with Crippen LogP contribution in [0.1, 0.15) is 34.9 Å². The zero-order valence-corrected chi connectivity index (χ0v) is 13.6. The fraction of sp³-hybridized carbons (Fsp3) is 0.389. The molecule has 1 aromatic heterocycles. The minimum absolute atomic E-state index is 0.0915. The Bertz CT molecular complexity index is 903. The van der Waals surface area contributed by atoms with Crippen molar-refractivity contribution in [3.05, 3.63) is 29.5 Å². The molecule has 2 N–H and O–H groups in total. The van der Waals surface area contributed by atoms with Crippen molar-refractivity contribution < 1.29 is 14.3 Å². The van der Waals surface area contributed by atoms with Crippen molar-refractivity contribution in [1.29, 1.82) is 0 Å². The van der Waals surface area contributed by atoms with Crippen LogP contribution in [0.3, 0.4) is 0 Å². The van der Waals surface area contributed by atoms with Crippen LogP contribution < -0.4 is 5.73 Å². The summed E-state index contributed by atoms with van der Waals surface area (Å²) in [5.41, 5.74) is 6.56. The number of carbonyl (C=O) groups is 2. The Kier molecular flexibility index (Phi) is 3.70. The van der Waals surface area contributed by atoms with Gasteiger partial charge in [0.15, 0.2) is 5.69 Å². The lowest BCUT2D eigenvalue weighted by Gasteiger charge is -2.44. The molecule has 128 valence electrons. The second kappa shape index (κ2) is 5.90. The average Bonchev–Trinajstić information content (AvgIpc) is 3.00. The van der Waals surface area contributed by atoms with Crippen LogP contribution in [0.15, 0.2) is 18.2 Å². The van der Waals surface area contributed by atoms with Gasteiger partial charge in [-0.1, -0.05) is 5.92 Å². The van der Waals surface area contributed by atoms with Gasteiger partial charge in [-0.05, 0) is 50.0 Å². The van der Waals surface area contributed by atoms with E-state index >= 15 is 0 Å². The summed E-state index contributed by atoms with van der Waals surface area (Å²) in [6.07, 6.45) is 6.60. The number of nitrogens with zero attached hydrogens (tertiary/aromatic N) is 3. The molecule has 0 radical (unpaired) electrons. The number of fused-ring (bicyclic) bond motifs is 4. The Hall–Kier alpha value is -2.85. The van der Waals surface area contributed by atoms with Crippen LogP contribution in [0.2, 0.25) is 0 Å². The lowest BCUT2D eigenvalue weighted by Crippen LogP contribution is -2.48. The molecule has 1 amide bonds. The number of aromatic nitrogens is 2.